The Balaban J connectivity index is 2.05. The third-order valence-electron chi connectivity index (χ3n) is 3.83. The fourth-order valence-electron chi connectivity index (χ4n) is 2.85. The van der Waals surface area contributed by atoms with Crippen molar-refractivity contribution in [3.8, 4) is 5.75 Å². The van der Waals surface area contributed by atoms with Crippen LogP contribution in [0.2, 0.25) is 0 Å². The number of phenolic OH excluding ortho intramolecular Hbond substituents is 1. The first kappa shape index (κ1) is 17.3. The number of hydrogen-bond acceptors (Lipinski definition) is 6. The lowest BCUT2D eigenvalue weighted by Crippen LogP contribution is -2.20. The number of nitrogens with one attached hydrogen (secondary N) is 1. The third kappa shape index (κ3) is 3.63. The maximum Gasteiger partial charge on any atom is 0.327 e. The fourth-order valence-corrected chi connectivity index (χ4v) is 4.02. The van der Waals surface area contributed by atoms with Crippen LogP contribution in [-0.4, -0.2) is 39.1 Å². The van der Waals surface area contributed by atoms with Crippen LogP contribution < -0.4 is 5.32 Å². The molecule has 0 saturated heterocycles. The molecule has 1 aliphatic rings. The molecule has 0 spiro atoms. The zero-order valence-corrected chi connectivity index (χ0v) is 14.8. The van der Waals surface area contributed by atoms with Crippen molar-refractivity contribution < 1.29 is 19.4 Å². The molecule has 25 heavy (non-hydrogen) atoms. The van der Waals surface area contributed by atoms with Gasteiger partial charge in [-0.05, 0) is 31.5 Å². The van der Waals surface area contributed by atoms with E-state index in [0.717, 1.165) is 16.8 Å². The number of nitrogens with zero attached hydrogens (tertiary/aromatic N) is 2. The molecule has 1 amide bonds. The van der Waals surface area contributed by atoms with Crippen LogP contribution in [0, 0.1) is 6.92 Å². The highest BCUT2D eigenvalue weighted by Gasteiger charge is 2.30. The minimum Gasteiger partial charge on any atom is -0.508 e. The number of carbonyl (C=O) groups excluding carboxylic acids is 2. The number of hydrogen-bond donors (Lipinski definition) is 2. The van der Waals surface area contributed by atoms with E-state index in [1.807, 2.05) is 13.0 Å². The van der Waals surface area contributed by atoms with E-state index in [9.17, 15) is 14.7 Å². The normalized spacial score (nSPS) is 16.7. The van der Waals surface area contributed by atoms with Gasteiger partial charge in [0.05, 0.1) is 23.3 Å². The van der Waals surface area contributed by atoms with Gasteiger partial charge >= 0.3 is 5.97 Å². The van der Waals surface area contributed by atoms with E-state index in [1.165, 1.54) is 16.4 Å². The standard InChI is InChI=1S/C17H19N3O4S/c1-3-24-14(23)8-20-17-15(10(2)19-20)16(25-9-13(22)18-17)11-5-4-6-12(21)7-11/h4-7,16,21H,3,8-9H2,1-2H3,(H,18,22)/t16-/m0/s1. The summed E-state index contributed by atoms with van der Waals surface area (Å²) in [6.07, 6.45) is 0. The van der Waals surface area contributed by atoms with Crippen LogP contribution in [0.15, 0.2) is 24.3 Å². The number of aromatic nitrogens is 2. The minimum atomic E-state index is -0.409. The topological polar surface area (TPSA) is 93.5 Å². The van der Waals surface area contributed by atoms with E-state index in [-0.39, 0.29) is 35.8 Å². The predicted molar refractivity (Wildman–Crippen MR) is 94.6 cm³/mol. The summed E-state index contributed by atoms with van der Waals surface area (Å²) in [4.78, 5) is 24.0. The zero-order chi connectivity index (χ0) is 18.0. The Hall–Kier alpha value is -2.48. The zero-order valence-electron chi connectivity index (χ0n) is 14.0. The molecule has 132 valence electrons. The Kier molecular flexibility index (Phi) is 4.98. The Morgan fingerprint density at radius 2 is 2.32 bits per heavy atom. The summed E-state index contributed by atoms with van der Waals surface area (Å²) in [5.41, 5.74) is 2.44. The van der Waals surface area contributed by atoms with Gasteiger partial charge in [-0.15, -0.1) is 11.8 Å². The number of benzene rings is 1. The summed E-state index contributed by atoms with van der Waals surface area (Å²) in [6.45, 7) is 3.80. The van der Waals surface area contributed by atoms with Crippen molar-refractivity contribution in [2.45, 2.75) is 25.6 Å². The first-order valence-electron chi connectivity index (χ1n) is 7.93. The van der Waals surface area contributed by atoms with Crippen LogP contribution in [0.1, 0.15) is 29.0 Å². The molecule has 1 aromatic carbocycles. The molecule has 2 aromatic rings. The highest BCUT2D eigenvalue weighted by Crippen LogP contribution is 2.43. The minimum absolute atomic E-state index is 0.0677. The quantitative estimate of drug-likeness (QED) is 0.811. The van der Waals surface area contributed by atoms with Gasteiger partial charge in [0.25, 0.3) is 0 Å². The molecule has 2 heterocycles. The highest BCUT2D eigenvalue weighted by atomic mass is 32.2. The number of phenols is 1. The molecule has 0 fully saturated rings. The lowest BCUT2D eigenvalue weighted by molar-refractivity contribution is -0.144. The fraction of sp³-hybridized carbons (Fsp3) is 0.353. The molecule has 7 nitrogen and oxygen atoms in total. The van der Waals surface area contributed by atoms with Gasteiger partial charge in [0, 0.05) is 5.56 Å². The van der Waals surface area contributed by atoms with Gasteiger partial charge in [0.2, 0.25) is 5.91 Å². The van der Waals surface area contributed by atoms with Gasteiger partial charge < -0.3 is 15.2 Å². The SMILES string of the molecule is CCOC(=O)Cn1nc(C)c2c1NC(=O)CS[C@H]2c1cccc(O)c1. The Morgan fingerprint density at radius 3 is 3.04 bits per heavy atom. The second-order valence-corrected chi connectivity index (χ2v) is 6.74. The predicted octanol–water partition coefficient (Wildman–Crippen LogP) is 2.23. The Bertz CT molecular complexity index is 818. The maximum atomic E-state index is 12.1. The molecule has 0 radical (unpaired) electrons. The number of rotatable bonds is 4. The molecule has 0 aliphatic carbocycles. The van der Waals surface area contributed by atoms with Crippen molar-refractivity contribution in [2.24, 2.45) is 0 Å². The van der Waals surface area contributed by atoms with E-state index in [2.05, 4.69) is 10.4 Å². The van der Waals surface area contributed by atoms with Crippen molar-refractivity contribution >= 4 is 29.5 Å². The summed E-state index contributed by atoms with van der Waals surface area (Å²) in [7, 11) is 0. The number of amides is 1. The average Bonchev–Trinajstić information content (AvgIpc) is 2.74. The summed E-state index contributed by atoms with van der Waals surface area (Å²) in [5, 5.41) is 16.9. The van der Waals surface area contributed by atoms with Gasteiger partial charge in [-0.2, -0.15) is 5.10 Å². The molecule has 3 rings (SSSR count). The van der Waals surface area contributed by atoms with Crippen molar-refractivity contribution in [3.05, 3.63) is 41.1 Å². The number of aryl methyl sites for hydroxylation is 1. The molecule has 8 heteroatoms. The van der Waals surface area contributed by atoms with Gasteiger partial charge in [-0.1, -0.05) is 12.1 Å². The van der Waals surface area contributed by atoms with Crippen molar-refractivity contribution in [3.63, 3.8) is 0 Å². The third-order valence-corrected chi connectivity index (χ3v) is 5.10. The lowest BCUT2D eigenvalue weighted by Gasteiger charge is -2.15. The van der Waals surface area contributed by atoms with Crippen LogP contribution in [0.3, 0.4) is 0 Å². The molecule has 1 aromatic heterocycles. The van der Waals surface area contributed by atoms with Crippen molar-refractivity contribution in [1.29, 1.82) is 0 Å². The number of ether oxygens (including phenoxy) is 1. The first-order chi connectivity index (χ1) is 12.0. The smallest absolute Gasteiger partial charge is 0.327 e. The number of carbonyl (C=O) groups is 2. The van der Waals surface area contributed by atoms with Crippen LogP contribution in [-0.2, 0) is 20.9 Å². The number of aromatic hydroxyl groups is 1. The molecule has 0 bridgehead atoms. The molecule has 1 aliphatic heterocycles. The number of thioether (sulfide) groups is 1. The van der Waals surface area contributed by atoms with Gasteiger partial charge in [-0.25, -0.2) is 4.68 Å². The molecule has 2 N–H and O–H groups in total. The van der Waals surface area contributed by atoms with E-state index in [4.69, 9.17) is 4.74 Å². The van der Waals surface area contributed by atoms with Crippen LogP contribution >= 0.6 is 11.8 Å². The largest absolute Gasteiger partial charge is 0.508 e. The summed E-state index contributed by atoms with van der Waals surface area (Å²) in [5.74, 6) is 0.383. The summed E-state index contributed by atoms with van der Waals surface area (Å²) < 4.78 is 6.46. The van der Waals surface area contributed by atoms with E-state index < -0.39 is 5.97 Å². The van der Waals surface area contributed by atoms with E-state index in [0.29, 0.717) is 5.82 Å². The second-order valence-electron chi connectivity index (χ2n) is 5.64. The maximum absolute atomic E-state index is 12.1. The Labute approximate surface area is 149 Å². The number of anilines is 1. The first-order valence-corrected chi connectivity index (χ1v) is 8.97. The monoisotopic (exact) mass is 361 g/mol. The molecule has 0 saturated carbocycles. The van der Waals surface area contributed by atoms with Gasteiger partial charge in [-0.3, -0.25) is 9.59 Å². The summed E-state index contributed by atoms with van der Waals surface area (Å²) in [6, 6.07) is 6.95. The van der Waals surface area contributed by atoms with Gasteiger partial charge in [0.15, 0.2) is 0 Å². The molecular formula is C17H19N3O4S. The van der Waals surface area contributed by atoms with Gasteiger partial charge in [0.1, 0.15) is 18.1 Å². The average molecular weight is 361 g/mol. The van der Waals surface area contributed by atoms with Crippen LogP contribution in [0.25, 0.3) is 0 Å². The van der Waals surface area contributed by atoms with Crippen LogP contribution in [0.4, 0.5) is 5.82 Å². The van der Waals surface area contributed by atoms with Crippen molar-refractivity contribution in [2.75, 3.05) is 17.7 Å². The lowest BCUT2D eigenvalue weighted by atomic mass is 10.0. The number of fused-ring (bicyclic) bond motifs is 1. The van der Waals surface area contributed by atoms with Crippen molar-refractivity contribution in [1.82, 2.24) is 9.78 Å². The highest BCUT2D eigenvalue weighted by molar-refractivity contribution is 8.00. The Morgan fingerprint density at radius 1 is 1.52 bits per heavy atom. The molecular weight excluding hydrogens is 342 g/mol. The van der Waals surface area contributed by atoms with E-state index in [1.54, 1.807) is 25.1 Å². The molecule has 0 unspecified atom stereocenters. The number of esters is 1. The second kappa shape index (κ2) is 7.18. The summed E-state index contributed by atoms with van der Waals surface area (Å²) >= 11 is 1.46. The van der Waals surface area contributed by atoms with Crippen LogP contribution in [0.5, 0.6) is 5.75 Å². The molecule has 1 atom stereocenters. The van der Waals surface area contributed by atoms with E-state index >= 15 is 0 Å².